The molecule has 0 bridgehead atoms. The van der Waals surface area contributed by atoms with E-state index in [1.807, 2.05) is 48.5 Å². The van der Waals surface area contributed by atoms with E-state index in [1.165, 1.54) is 19.3 Å². The molecule has 0 atom stereocenters. The van der Waals surface area contributed by atoms with Gasteiger partial charge in [-0.2, -0.15) is 0 Å². The first-order valence-corrected chi connectivity index (χ1v) is 10.4. The average Bonchev–Trinajstić information content (AvgIpc) is 3.12. The minimum absolute atomic E-state index is 0.131. The van der Waals surface area contributed by atoms with Crippen LogP contribution in [0.5, 0.6) is 0 Å². The van der Waals surface area contributed by atoms with Crippen LogP contribution in [0.4, 0.5) is 5.69 Å². The Hall–Kier alpha value is -2.66. The lowest BCUT2D eigenvalue weighted by Crippen LogP contribution is -2.46. The average molecular weight is 374 g/mol. The summed E-state index contributed by atoms with van der Waals surface area (Å²) in [6.45, 7) is 2.13. The highest BCUT2D eigenvalue weighted by Crippen LogP contribution is 2.29. The molecule has 2 N–H and O–H groups in total. The monoisotopic (exact) mass is 374 g/mol. The highest BCUT2D eigenvalue weighted by atomic mass is 16.1. The topological polar surface area (TPSA) is 61.0 Å². The van der Waals surface area contributed by atoms with Crippen molar-refractivity contribution in [1.29, 1.82) is 0 Å². The molecule has 2 heterocycles. The summed E-state index contributed by atoms with van der Waals surface area (Å²) in [6, 6.07) is 16.7. The van der Waals surface area contributed by atoms with Gasteiger partial charge in [-0.05, 0) is 75.2 Å². The van der Waals surface area contributed by atoms with Gasteiger partial charge in [-0.25, -0.2) is 4.98 Å². The summed E-state index contributed by atoms with van der Waals surface area (Å²) in [5.41, 5.74) is 3.86. The van der Waals surface area contributed by atoms with E-state index in [2.05, 4.69) is 20.2 Å². The van der Waals surface area contributed by atoms with Crippen molar-refractivity contribution in [3.05, 3.63) is 48.5 Å². The van der Waals surface area contributed by atoms with Gasteiger partial charge >= 0.3 is 0 Å². The molecule has 1 aliphatic carbocycles. The predicted molar refractivity (Wildman–Crippen MR) is 112 cm³/mol. The SMILES string of the molecule is O=C(Nc1ccc(-c2nc3ccccc3[nH]2)cc1)C1CCN(C2CCC2)CC1. The number of carbonyl (C=O) groups excluding carboxylic acids is 1. The summed E-state index contributed by atoms with van der Waals surface area (Å²) in [5, 5.41) is 3.10. The molecular weight excluding hydrogens is 348 g/mol. The normalized spacial score (nSPS) is 18.9. The molecule has 0 unspecified atom stereocenters. The first-order chi connectivity index (χ1) is 13.8. The number of likely N-dealkylation sites (tertiary alicyclic amines) is 1. The first-order valence-electron chi connectivity index (χ1n) is 10.4. The molecule has 2 aromatic carbocycles. The molecule has 0 spiro atoms. The number of H-pyrrole nitrogens is 1. The van der Waals surface area contributed by atoms with E-state index in [9.17, 15) is 4.79 Å². The summed E-state index contributed by atoms with van der Waals surface area (Å²) in [4.78, 5) is 23.2. The van der Waals surface area contributed by atoms with Crippen molar-refractivity contribution < 1.29 is 4.79 Å². The third kappa shape index (κ3) is 3.42. The Balaban J connectivity index is 1.20. The van der Waals surface area contributed by atoms with Crippen molar-refractivity contribution in [3.8, 4) is 11.4 Å². The van der Waals surface area contributed by atoms with Crippen LogP contribution in [0.3, 0.4) is 0 Å². The van der Waals surface area contributed by atoms with Crippen molar-refractivity contribution in [2.45, 2.75) is 38.1 Å². The second-order valence-electron chi connectivity index (χ2n) is 8.06. The van der Waals surface area contributed by atoms with Gasteiger partial charge in [0.1, 0.15) is 5.82 Å². The fourth-order valence-electron chi connectivity index (χ4n) is 4.32. The van der Waals surface area contributed by atoms with Gasteiger partial charge in [-0.1, -0.05) is 18.6 Å². The van der Waals surface area contributed by atoms with Crippen LogP contribution in [-0.4, -0.2) is 39.9 Å². The van der Waals surface area contributed by atoms with E-state index in [0.29, 0.717) is 0 Å². The van der Waals surface area contributed by atoms with Gasteiger partial charge in [0, 0.05) is 23.2 Å². The van der Waals surface area contributed by atoms with Gasteiger partial charge in [0.05, 0.1) is 11.0 Å². The number of amides is 1. The molecule has 0 radical (unpaired) electrons. The smallest absolute Gasteiger partial charge is 0.227 e. The zero-order valence-electron chi connectivity index (χ0n) is 16.0. The minimum atomic E-state index is 0.131. The number of para-hydroxylation sites is 2. The van der Waals surface area contributed by atoms with E-state index in [-0.39, 0.29) is 11.8 Å². The lowest BCUT2D eigenvalue weighted by molar-refractivity contribution is -0.121. The third-order valence-corrected chi connectivity index (χ3v) is 6.31. The Kier molecular flexibility index (Phi) is 4.61. The molecule has 5 heteroatoms. The Bertz CT molecular complexity index is 933. The summed E-state index contributed by atoms with van der Waals surface area (Å²) < 4.78 is 0. The number of nitrogens with zero attached hydrogens (tertiary/aromatic N) is 2. The molecule has 28 heavy (non-hydrogen) atoms. The quantitative estimate of drug-likeness (QED) is 0.710. The summed E-state index contributed by atoms with van der Waals surface area (Å²) in [6.07, 6.45) is 6.00. The van der Waals surface area contributed by atoms with Crippen molar-refractivity contribution in [3.63, 3.8) is 0 Å². The maximum atomic E-state index is 12.7. The number of carbonyl (C=O) groups is 1. The standard InChI is InChI=1S/C23H26N4O/c28-23(17-12-14-27(15-13-17)19-4-3-5-19)24-18-10-8-16(9-11-18)22-25-20-6-1-2-7-21(20)26-22/h1-2,6-11,17,19H,3-5,12-15H2,(H,24,28)(H,25,26). The van der Waals surface area contributed by atoms with Gasteiger partial charge < -0.3 is 15.2 Å². The summed E-state index contributed by atoms with van der Waals surface area (Å²) in [5.74, 6) is 1.14. The van der Waals surface area contributed by atoms with E-state index < -0.39 is 0 Å². The molecule has 2 fully saturated rings. The molecule has 2 aliphatic rings. The molecule has 1 aromatic heterocycles. The molecule has 1 saturated carbocycles. The number of hydrogen-bond donors (Lipinski definition) is 2. The van der Waals surface area contributed by atoms with Crippen molar-refractivity contribution >= 4 is 22.6 Å². The van der Waals surface area contributed by atoms with Crippen LogP contribution in [-0.2, 0) is 4.79 Å². The Labute approximate surface area is 165 Å². The number of benzene rings is 2. The second-order valence-corrected chi connectivity index (χ2v) is 8.06. The van der Waals surface area contributed by atoms with Gasteiger partial charge in [-0.15, -0.1) is 0 Å². The van der Waals surface area contributed by atoms with Crippen LogP contribution in [0, 0.1) is 5.92 Å². The number of imidazole rings is 1. The Morgan fingerprint density at radius 2 is 1.75 bits per heavy atom. The maximum Gasteiger partial charge on any atom is 0.227 e. The minimum Gasteiger partial charge on any atom is -0.338 e. The molecule has 5 nitrogen and oxygen atoms in total. The highest BCUT2D eigenvalue weighted by molar-refractivity contribution is 5.93. The van der Waals surface area contributed by atoms with E-state index in [0.717, 1.165) is 60.1 Å². The first kappa shape index (κ1) is 17.4. The molecule has 1 amide bonds. The second kappa shape index (κ2) is 7.40. The maximum absolute atomic E-state index is 12.7. The molecular formula is C23H26N4O. The van der Waals surface area contributed by atoms with Crippen molar-refractivity contribution in [2.75, 3.05) is 18.4 Å². The van der Waals surface area contributed by atoms with Crippen LogP contribution in [0.1, 0.15) is 32.1 Å². The van der Waals surface area contributed by atoms with E-state index >= 15 is 0 Å². The Morgan fingerprint density at radius 3 is 2.43 bits per heavy atom. The molecule has 1 saturated heterocycles. The number of piperidine rings is 1. The lowest BCUT2D eigenvalue weighted by Gasteiger charge is -2.41. The van der Waals surface area contributed by atoms with Crippen molar-refractivity contribution in [2.24, 2.45) is 5.92 Å². The number of aromatic nitrogens is 2. The van der Waals surface area contributed by atoms with Gasteiger partial charge in [-0.3, -0.25) is 4.79 Å². The van der Waals surface area contributed by atoms with Crippen LogP contribution < -0.4 is 5.32 Å². The summed E-state index contributed by atoms with van der Waals surface area (Å²) in [7, 11) is 0. The molecule has 144 valence electrons. The number of nitrogens with one attached hydrogen (secondary N) is 2. The number of fused-ring (bicyclic) bond motifs is 1. The molecule has 5 rings (SSSR count). The number of hydrogen-bond acceptors (Lipinski definition) is 3. The molecule has 3 aromatic rings. The van der Waals surface area contributed by atoms with E-state index in [4.69, 9.17) is 0 Å². The number of aromatic amines is 1. The van der Waals surface area contributed by atoms with Crippen LogP contribution in [0.15, 0.2) is 48.5 Å². The third-order valence-electron chi connectivity index (χ3n) is 6.31. The fraction of sp³-hybridized carbons (Fsp3) is 0.391. The van der Waals surface area contributed by atoms with Gasteiger partial charge in [0.25, 0.3) is 0 Å². The number of anilines is 1. The fourth-order valence-corrected chi connectivity index (χ4v) is 4.32. The van der Waals surface area contributed by atoms with E-state index in [1.54, 1.807) is 0 Å². The summed E-state index contributed by atoms with van der Waals surface area (Å²) >= 11 is 0. The largest absolute Gasteiger partial charge is 0.338 e. The predicted octanol–water partition coefficient (Wildman–Crippen LogP) is 4.43. The van der Waals surface area contributed by atoms with Crippen LogP contribution >= 0.6 is 0 Å². The zero-order valence-corrected chi connectivity index (χ0v) is 16.0. The lowest BCUT2D eigenvalue weighted by atomic mass is 9.87. The Morgan fingerprint density at radius 1 is 1.00 bits per heavy atom. The highest BCUT2D eigenvalue weighted by Gasteiger charge is 2.31. The van der Waals surface area contributed by atoms with Crippen LogP contribution in [0.25, 0.3) is 22.4 Å². The van der Waals surface area contributed by atoms with Crippen LogP contribution in [0.2, 0.25) is 0 Å². The van der Waals surface area contributed by atoms with Crippen molar-refractivity contribution in [1.82, 2.24) is 14.9 Å². The van der Waals surface area contributed by atoms with Gasteiger partial charge in [0.2, 0.25) is 5.91 Å². The number of rotatable bonds is 4. The molecule has 1 aliphatic heterocycles. The zero-order chi connectivity index (χ0) is 18.9. The van der Waals surface area contributed by atoms with Gasteiger partial charge in [0.15, 0.2) is 0 Å².